The minimum absolute atomic E-state index is 0.197. The minimum atomic E-state index is -0.278. The predicted octanol–water partition coefficient (Wildman–Crippen LogP) is 3.93. The first-order valence-corrected chi connectivity index (χ1v) is 9.17. The van der Waals surface area contributed by atoms with E-state index in [1.165, 1.54) is 11.3 Å². The molecule has 2 aromatic carbocycles. The summed E-state index contributed by atoms with van der Waals surface area (Å²) in [6.45, 7) is 0.197. The molecule has 0 radical (unpaired) electrons. The number of nitrogens with one attached hydrogen (secondary N) is 2. The van der Waals surface area contributed by atoms with Crippen LogP contribution >= 0.6 is 11.3 Å². The van der Waals surface area contributed by atoms with E-state index in [9.17, 15) is 4.79 Å². The topological polar surface area (TPSA) is 75.7 Å². The molecule has 0 saturated heterocycles. The number of amides is 1. The number of rotatable bonds is 5. The van der Waals surface area contributed by atoms with E-state index < -0.39 is 0 Å². The van der Waals surface area contributed by atoms with Gasteiger partial charge in [0.2, 0.25) is 6.79 Å². The monoisotopic (exact) mass is 382 g/mol. The van der Waals surface area contributed by atoms with Crippen molar-refractivity contribution in [2.45, 2.75) is 0 Å². The summed E-state index contributed by atoms with van der Waals surface area (Å²) in [6.07, 6.45) is 0. The molecule has 8 heteroatoms. The van der Waals surface area contributed by atoms with Crippen LogP contribution in [0, 0.1) is 0 Å². The van der Waals surface area contributed by atoms with Crippen molar-refractivity contribution >= 4 is 39.4 Å². The SMILES string of the molecule is CN(C)c1cccc(Nc2nc(C(=O)Nc3ccc4c(c3)OCO4)cs2)c1. The van der Waals surface area contributed by atoms with Gasteiger partial charge in [0, 0.05) is 42.6 Å². The van der Waals surface area contributed by atoms with Crippen molar-refractivity contribution < 1.29 is 14.3 Å². The summed E-state index contributed by atoms with van der Waals surface area (Å²) in [4.78, 5) is 18.8. The molecule has 138 valence electrons. The van der Waals surface area contributed by atoms with Crippen molar-refractivity contribution in [2.75, 3.05) is 36.4 Å². The zero-order valence-corrected chi connectivity index (χ0v) is 15.7. The molecule has 0 saturated carbocycles. The Hall–Kier alpha value is -3.26. The quantitative estimate of drug-likeness (QED) is 0.696. The molecule has 1 amide bonds. The maximum atomic E-state index is 12.5. The van der Waals surface area contributed by atoms with Gasteiger partial charge in [-0.05, 0) is 30.3 Å². The molecule has 27 heavy (non-hydrogen) atoms. The van der Waals surface area contributed by atoms with Crippen LogP contribution < -0.4 is 25.0 Å². The van der Waals surface area contributed by atoms with Crippen molar-refractivity contribution in [1.29, 1.82) is 0 Å². The van der Waals surface area contributed by atoms with Gasteiger partial charge in [0.05, 0.1) is 0 Å². The van der Waals surface area contributed by atoms with E-state index in [1.54, 1.807) is 23.6 Å². The molecule has 0 aliphatic carbocycles. The van der Waals surface area contributed by atoms with Gasteiger partial charge in [-0.1, -0.05) is 6.07 Å². The van der Waals surface area contributed by atoms with E-state index in [4.69, 9.17) is 9.47 Å². The van der Waals surface area contributed by atoms with Gasteiger partial charge in [-0.3, -0.25) is 4.79 Å². The minimum Gasteiger partial charge on any atom is -0.454 e. The summed E-state index contributed by atoms with van der Waals surface area (Å²) in [5.74, 6) is 1.02. The average molecular weight is 382 g/mol. The van der Waals surface area contributed by atoms with Gasteiger partial charge in [0.15, 0.2) is 16.6 Å². The molecule has 1 aliphatic heterocycles. The summed E-state index contributed by atoms with van der Waals surface area (Å²) < 4.78 is 10.6. The Balaban J connectivity index is 1.44. The Morgan fingerprint density at radius 3 is 2.81 bits per heavy atom. The standard InChI is InChI=1S/C19H18N4O3S/c1-23(2)14-5-3-4-12(8-14)21-19-22-15(10-27-19)18(24)20-13-6-7-16-17(9-13)26-11-25-16/h3-10H,11H2,1-2H3,(H,20,24)(H,21,22). The van der Waals surface area contributed by atoms with E-state index >= 15 is 0 Å². The second-order valence-corrected chi connectivity index (χ2v) is 6.99. The zero-order chi connectivity index (χ0) is 18.8. The van der Waals surface area contributed by atoms with Gasteiger partial charge < -0.3 is 25.0 Å². The van der Waals surface area contributed by atoms with E-state index in [1.807, 2.05) is 43.3 Å². The fourth-order valence-corrected chi connectivity index (χ4v) is 3.30. The lowest BCUT2D eigenvalue weighted by atomic mass is 10.2. The Labute approximate surface area is 160 Å². The number of fused-ring (bicyclic) bond motifs is 1. The number of nitrogens with zero attached hydrogens (tertiary/aromatic N) is 2. The highest BCUT2D eigenvalue weighted by atomic mass is 32.1. The van der Waals surface area contributed by atoms with Crippen molar-refractivity contribution in [3.63, 3.8) is 0 Å². The molecule has 2 heterocycles. The molecule has 0 bridgehead atoms. The maximum Gasteiger partial charge on any atom is 0.275 e. The van der Waals surface area contributed by atoms with Gasteiger partial charge in [0.1, 0.15) is 5.69 Å². The summed E-state index contributed by atoms with van der Waals surface area (Å²) >= 11 is 1.38. The molecule has 2 N–H and O–H groups in total. The predicted molar refractivity (Wildman–Crippen MR) is 107 cm³/mol. The first-order chi connectivity index (χ1) is 13.1. The fraction of sp³-hybridized carbons (Fsp3) is 0.158. The Kier molecular flexibility index (Phi) is 4.55. The molecule has 3 aromatic rings. The van der Waals surface area contributed by atoms with E-state index in [0.717, 1.165) is 11.4 Å². The largest absolute Gasteiger partial charge is 0.454 e. The molecule has 7 nitrogen and oxygen atoms in total. The normalized spacial score (nSPS) is 11.9. The number of thiazole rings is 1. The van der Waals surface area contributed by atoms with Crippen LogP contribution in [0.15, 0.2) is 47.8 Å². The highest BCUT2D eigenvalue weighted by Crippen LogP contribution is 2.34. The summed E-state index contributed by atoms with van der Waals surface area (Å²) in [5.41, 5.74) is 2.98. The van der Waals surface area contributed by atoms with Crippen LogP contribution in [0.2, 0.25) is 0 Å². The first-order valence-electron chi connectivity index (χ1n) is 8.29. The van der Waals surface area contributed by atoms with Crippen LogP contribution in [0.3, 0.4) is 0 Å². The van der Waals surface area contributed by atoms with E-state index in [0.29, 0.717) is 28.0 Å². The second-order valence-electron chi connectivity index (χ2n) is 6.13. The average Bonchev–Trinajstić information content (AvgIpc) is 3.31. The molecule has 0 spiro atoms. The molecule has 0 fully saturated rings. The van der Waals surface area contributed by atoms with Crippen LogP contribution in [-0.4, -0.2) is 31.8 Å². The third-order valence-electron chi connectivity index (χ3n) is 3.98. The number of benzene rings is 2. The van der Waals surface area contributed by atoms with Crippen LogP contribution in [0.25, 0.3) is 0 Å². The van der Waals surface area contributed by atoms with Crippen LogP contribution in [0.5, 0.6) is 11.5 Å². The summed E-state index contributed by atoms with van der Waals surface area (Å²) in [6, 6.07) is 13.2. The van der Waals surface area contributed by atoms with Crippen molar-refractivity contribution in [2.24, 2.45) is 0 Å². The molecule has 1 aliphatic rings. The smallest absolute Gasteiger partial charge is 0.275 e. The number of carbonyl (C=O) groups excluding carboxylic acids is 1. The maximum absolute atomic E-state index is 12.5. The fourth-order valence-electron chi connectivity index (χ4n) is 2.59. The van der Waals surface area contributed by atoms with E-state index in [-0.39, 0.29) is 12.7 Å². The number of anilines is 4. The number of ether oxygens (including phenoxy) is 2. The second kappa shape index (κ2) is 7.16. The molecule has 0 unspecified atom stereocenters. The third kappa shape index (κ3) is 3.80. The highest BCUT2D eigenvalue weighted by Gasteiger charge is 2.16. The first kappa shape index (κ1) is 17.2. The van der Waals surface area contributed by atoms with Gasteiger partial charge in [-0.15, -0.1) is 11.3 Å². The van der Waals surface area contributed by atoms with Crippen LogP contribution in [0.1, 0.15) is 10.5 Å². The Morgan fingerprint density at radius 2 is 1.96 bits per heavy atom. The summed E-state index contributed by atoms with van der Waals surface area (Å²) in [7, 11) is 3.97. The highest BCUT2D eigenvalue weighted by molar-refractivity contribution is 7.14. The third-order valence-corrected chi connectivity index (χ3v) is 4.74. The van der Waals surface area contributed by atoms with Crippen molar-refractivity contribution in [3.05, 3.63) is 53.5 Å². The Bertz CT molecular complexity index is 987. The lowest BCUT2D eigenvalue weighted by Crippen LogP contribution is -2.12. The Morgan fingerprint density at radius 1 is 1.11 bits per heavy atom. The van der Waals surface area contributed by atoms with Crippen LogP contribution in [0.4, 0.5) is 22.2 Å². The van der Waals surface area contributed by atoms with Gasteiger partial charge in [0.25, 0.3) is 5.91 Å². The lowest BCUT2D eigenvalue weighted by Gasteiger charge is -2.13. The number of hydrogen-bond donors (Lipinski definition) is 2. The zero-order valence-electron chi connectivity index (χ0n) is 14.9. The molecule has 0 atom stereocenters. The molecule has 4 rings (SSSR count). The molecular weight excluding hydrogens is 364 g/mol. The van der Waals surface area contributed by atoms with Crippen LogP contribution in [-0.2, 0) is 0 Å². The van der Waals surface area contributed by atoms with Gasteiger partial charge in [-0.2, -0.15) is 0 Å². The van der Waals surface area contributed by atoms with Gasteiger partial charge >= 0.3 is 0 Å². The lowest BCUT2D eigenvalue weighted by molar-refractivity contribution is 0.102. The van der Waals surface area contributed by atoms with Gasteiger partial charge in [-0.25, -0.2) is 4.98 Å². The van der Waals surface area contributed by atoms with Crippen molar-refractivity contribution in [1.82, 2.24) is 4.98 Å². The number of carbonyl (C=O) groups is 1. The molecular formula is C19H18N4O3S. The van der Waals surface area contributed by atoms with Crippen molar-refractivity contribution in [3.8, 4) is 11.5 Å². The summed E-state index contributed by atoms with van der Waals surface area (Å²) in [5, 5.41) is 8.44. The molecule has 1 aromatic heterocycles. The number of hydrogen-bond acceptors (Lipinski definition) is 7. The van der Waals surface area contributed by atoms with E-state index in [2.05, 4.69) is 15.6 Å². The number of aromatic nitrogens is 1.